The lowest BCUT2D eigenvalue weighted by atomic mass is 10.2. The van der Waals surface area contributed by atoms with Crippen LogP contribution in [0.4, 0.5) is 11.4 Å². The summed E-state index contributed by atoms with van der Waals surface area (Å²) in [5.41, 5.74) is 1.52. The predicted octanol–water partition coefficient (Wildman–Crippen LogP) is 2.52. The van der Waals surface area contributed by atoms with Gasteiger partial charge in [-0.1, -0.05) is 12.1 Å². The van der Waals surface area contributed by atoms with Crippen LogP contribution < -0.4 is 14.9 Å². The molecule has 2 fully saturated rings. The number of ether oxygens (including phenoxy) is 1. The van der Waals surface area contributed by atoms with E-state index >= 15 is 0 Å². The van der Waals surface area contributed by atoms with Crippen molar-refractivity contribution < 1.29 is 22.7 Å². The Labute approximate surface area is 181 Å². The average molecular weight is 444 g/mol. The van der Waals surface area contributed by atoms with Crippen LogP contribution in [0.5, 0.6) is 0 Å². The second kappa shape index (κ2) is 9.17. The number of hydrogen-bond donors (Lipinski definition) is 2. The first kappa shape index (κ1) is 21.5. The van der Waals surface area contributed by atoms with Gasteiger partial charge in [-0.15, -0.1) is 0 Å². The zero-order valence-corrected chi connectivity index (χ0v) is 17.9. The van der Waals surface area contributed by atoms with Crippen LogP contribution in [-0.2, 0) is 19.6 Å². The molecule has 0 aromatic heterocycles. The number of nitrogens with zero attached hydrogens (tertiary/aromatic N) is 1. The van der Waals surface area contributed by atoms with Gasteiger partial charge in [0.2, 0.25) is 15.9 Å². The van der Waals surface area contributed by atoms with Crippen molar-refractivity contribution in [1.29, 1.82) is 0 Å². The van der Waals surface area contributed by atoms with Crippen molar-refractivity contribution in [3.63, 3.8) is 0 Å². The zero-order chi connectivity index (χ0) is 21.8. The largest absolute Gasteiger partial charge is 0.377 e. The summed E-state index contributed by atoms with van der Waals surface area (Å²) in [5, 5.41) is 2.83. The zero-order valence-electron chi connectivity index (χ0n) is 17.0. The summed E-state index contributed by atoms with van der Waals surface area (Å²) in [6, 6.07) is 12.9. The minimum absolute atomic E-state index is 0.0340. The molecule has 2 amide bonds. The van der Waals surface area contributed by atoms with E-state index in [4.69, 9.17) is 4.74 Å². The number of benzene rings is 2. The first-order valence-corrected chi connectivity index (χ1v) is 11.8. The third-order valence-electron chi connectivity index (χ3n) is 5.47. The van der Waals surface area contributed by atoms with Gasteiger partial charge in [-0.2, -0.15) is 0 Å². The molecule has 164 valence electrons. The van der Waals surface area contributed by atoms with Gasteiger partial charge in [-0.25, -0.2) is 13.1 Å². The number of nitrogens with one attached hydrogen (secondary N) is 2. The molecule has 2 aromatic rings. The number of hydrogen-bond acceptors (Lipinski definition) is 5. The summed E-state index contributed by atoms with van der Waals surface area (Å²) in [4.78, 5) is 26.6. The predicted molar refractivity (Wildman–Crippen MR) is 117 cm³/mol. The minimum atomic E-state index is -3.68. The molecule has 2 aliphatic rings. The first-order valence-electron chi connectivity index (χ1n) is 10.4. The number of carbonyl (C=O) groups is 2. The highest BCUT2D eigenvalue weighted by atomic mass is 32.2. The lowest BCUT2D eigenvalue weighted by molar-refractivity contribution is -0.117. The van der Waals surface area contributed by atoms with Crippen molar-refractivity contribution in [2.45, 2.75) is 36.7 Å². The molecule has 0 saturated carbocycles. The standard InChI is InChI=1S/C22H25N3O5S/c26-21-8-3-13-25(21)20-7-2-1-6-19(20)24-22(27)16-9-11-18(12-10-16)31(28,29)23-15-17-5-4-14-30-17/h1-2,6-7,9-12,17,23H,3-5,8,13-15H2,(H,24,27)/t17-/m1/s1. The molecule has 2 aromatic carbocycles. The SMILES string of the molecule is O=C(Nc1ccccc1N1CCCC1=O)c1ccc(S(=O)(=O)NC[C@H]2CCCO2)cc1. The van der Waals surface area contributed by atoms with E-state index in [0.29, 0.717) is 36.5 Å². The van der Waals surface area contributed by atoms with Crippen LogP contribution >= 0.6 is 0 Å². The number of sulfonamides is 1. The summed E-state index contributed by atoms with van der Waals surface area (Å²) >= 11 is 0. The van der Waals surface area contributed by atoms with Gasteiger partial charge in [0.05, 0.1) is 22.4 Å². The second-order valence-corrected chi connectivity index (χ2v) is 9.40. The molecule has 0 spiro atoms. The molecular weight excluding hydrogens is 418 g/mol. The molecule has 31 heavy (non-hydrogen) atoms. The van der Waals surface area contributed by atoms with Crippen LogP contribution in [0.2, 0.25) is 0 Å². The molecule has 2 saturated heterocycles. The van der Waals surface area contributed by atoms with E-state index in [1.165, 1.54) is 24.3 Å². The van der Waals surface area contributed by atoms with Gasteiger partial charge in [-0.05, 0) is 55.7 Å². The molecule has 0 bridgehead atoms. The lowest BCUT2D eigenvalue weighted by Crippen LogP contribution is -2.31. The molecule has 9 heteroatoms. The fourth-order valence-corrected chi connectivity index (χ4v) is 4.86. The van der Waals surface area contributed by atoms with Gasteiger partial charge in [0.15, 0.2) is 0 Å². The normalized spacial score (nSPS) is 19.0. The van der Waals surface area contributed by atoms with E-state index in [-0.39, 0.29) is 29.4 Å². The van der Waals surface area contributed by atoms with Crippen molar-refractivity contribution in [2.75, 3.05) is 29.9 Å². The van der Waals surface area contributed by atoms with Crippen LogP contribution in [0.1, 0.15) is 36.0 Å². The number of amides is 2. The summed E-state index contributed by atoms with van der Waals surface area (Å²) in [6.07, 6.45) is 2.97. The highest BCUT2D eigenvalue weighted by molar-refractivity contribution is 7.89. The van der Waals surface area contributed by atoms with Crippen LogP contribution in [-0.4, -0.2) is 46.0 Å². The van der Waals surface area contributed by atoms with Crippen molar-refractivity contribution in [1.82, 2.24) is 4.72 Å². The number of para-hydroxylation sites is 2. The quantitative estimate of drug-likeness (QED) is 0.684. The van der Waals surface area contributed by atoms with E-state index in [2.05, 4.69) is 10.0 Å². The summed E-state index contributed by atoms with van der Waals surface area (Å²) in [7, 11) is -3.68. The molecule has 0 radical (unpaired) electrons. The molecule has 2 aliphatic heterocycles. The Bertz CT molecular complexity index is 1060. The summed E-state index contributed by atoms with van der Waals surface area (Å²) in [6.45, 7) is 1.51. The van der Waals surface area contributed by atoms with Crippen molar-refractivity contribution in [3.8, 4) is 0 Å². The van der Waals surface area contributed by atoms with Crippen molar-refractivity contribution >= 4 is 33.2 Å². The van der Waals surface area contributed by atoms with Crippen molar-refractivity contribution in [2.24, 2.45) is 0 Å². The minimum Gasteiger partial charge on any atom is -0.377 e. The molecule has 0 aliphatic carbocycles. The summed E-state index contributed by atoms with van der Waals surface area (Å²) in [5.74, 6) is -0.345. The van der Waals surface area contributed by atoms with Gasteiger partial charge in [-0.3, -0.25) is 9.59 Å². The summed E-state index contributed by atoms with van der Waals surface area (Å²) < 4.78 is 33.0. The van der Waals surface area contributed by atoms with Gasteiger partial charge in [0.1, 0.15) is 0 Å². The maximum absolute atomic E-state index is 12.7. The smallest absolute Gasteiger partial charge is 0.255 e. The third kappa shape index (κ3) is 4.95. The Morgan fingerprint density at radius 3 is 2.55 bits per heavy atom. The van der Waals surface area contributed by atoms with Gasteiger partial charge in [0.25, 0.3) is 5.91 Å². The molecule has 0 unspecified atom stereocenters. The van der Waals surface area contributed by atoms with E-state index in [9.17, 15) is 18.0 Å². The van der Waals surface area contributed by atoms with Gasteiger partial charge in [0, 0.05) is 31.7 Å². The van der Waals surface area contributed by atoms with Crippen LogP contribution in [0.25, 0.3) is 0 Å². The highest BCUT2D eigenvalue weighted by Crippen LogP contribution is 2.29. The number of carbonyl (C=O) groups excluding carboxylic acids is 2. The van der Waals surface area contributed by atoms with Crippen LogP contribution in [0, 0.1) is 0 Å². The van der Waals surface area contributed by atoms with Gasteiger partial charge >= 0.3 is 0 Å². The number of anilines is 2. The molecule has 4 rings (SSSR count). The van der Waals surface area contributed by atoms with E-state index in [0.717, 1.165) is 19.3 Å². The third-order valence-corrected chi connectivity index (χ3v) is 6.91. The highest BCUT2D eigenvalue weighted by Gasteiger charge is 2.24. The maximum Gasteiger partial charge on any atom is 0.255 e. The average Bonchev–Trinajstić information content (AvgIpc) is 3.44. The Morgan fingerprint density at radius 1 is 1.10 bits per heavy atom. The molecule has 2 N–H and O–H groups in total. The fraction of sp³-hybridized carbons (Fsp3) is 0.364. The van der Waals surface area contributed by atoms with Crippen LogP contribution in [0.15, 0.2) is 53.4 Å². The lowest BCUT2D eigenvalue weighted by Gasteiger charge is -2.20. The van der Waals surface area contributed by atoms with Crippen LogP contribution in [0.3, 0.4) is 0 Å². The first-order chi connectivity index (χ1) is 14.9. The van der Waals surface area contributed by atoms with E-state index in [1.807, 2.05) is 6.07 Å². The monoisotopic (exact) mass is 443 g/mol. The second-order valence-electron chi connectivity index (χ2n) is 7.63. The molecule has 1 atom stereocenters. The van der Waals surface area contributed by atoms with E-state index < -0.39 is 10.0 Å². The Hall–Kier alpha value is -2.75. The Morgan fingerprint density at radius 2 is 1.87 bits per heavy atom. The van der Waals surface area contributed by atoms with Gasteiger partial charge < -0.3 is 15.0 Å². The maximum atomic E-state index is 12.7. The molecular formula is C22H25N3O5S. The van der Waals surface area contributed by atoms with Crippen molar-refractivity contribution in [3.05, 3.63) is 54.1 Å². The molecule has 8 nitrogen and oxygen atoms in total. The molecule has 2 heterocycles. The fourth-order valence-electron chi connectivity index (χ4n) is 3.79. The number of rotatable bonds is 7. The topological polar surface area (TPSA) is 105 Å². The van der Waals surface area contributed by atoms with E-state index in [1.54, 1.807) is 23.1 Å². The Balaban J connectivity index is 1.44. The Kier molecular flexibility index (Phi) is 6.35.